The lowest BCUT2D eigenvalue weighted by atomic mass is 9.97. The summed E-state index contributed by atoms with van der Waals surface area (Å²) < 4.78 is 5.71. The number of thiophene rings is 1. The predicted octanol–water partition coefficient (Wildman–Crippen LogP) is 4.41. The summed E-state index contributed by atoms with van der Waals surface area (Å²) in [4.78, 5) is 11.5. The lowest BCUT2D eigenvalue weighted by Gasteiger charge is -2.14. The first kappa shape index (κ1) is 17.8. The lowest BCUT2D eigenvalue weighted by molar-refractivity contribution is 0.126. The largest absolute Gasteiger partial charge is 0.491 e. The van der Waals surface area contributed by atoms with Gasteiger partial charge in [-0.3, -0.25) is 0 Å². The maximum Gasteiger partial charge on any atom is 0.128 e. The van der Waals surface area contributed by atoms with Crippen molar-refractivity contribution in [3.8, 4) is 5.75 Å². The molecule has 1 N–H and O–H groups in total. The average Bonchev–Trinajstić information content (AvgIpc) is 3.04. The van der Waals surface area contributed by atoms with E-state index in [1.54, 1.807) is 29.4 Å². The van der Waals surface area contributed by atoms with Gasteiger partial charge in [-0.15, -0.1) is 23.1 Å². The molecule has 1 atom stereocenters. The Morgan fingerprint density at radius 3 is 3.04 bits per heavy atom. The number of hydrogen-bond donors (Lipinski definition) is 1. The topological polar surface area (TPSA) is 55.2 Å². The van der Waals surface area contributed by atoms with Crippen LogP contribution in [0.3, 0.4) is 0 Å². The molecule has 0 saturated carbocycles. The molecule has 1 aliphatic carbocycles. The van der Waals surface area contributed by atoms with Crippen LogP contribution in [0.5, 0.6) is 5.75 Å². The molecule has 2 aromatic heterocycles. The molecule has 0 unspecified atom stereocenters. The summed E-state index contributed by atoms with van der Waals surface area (Å²) >= 11 is 3.40. The molecule has 6 heteroatoms. The van der Waals surface area contributed by atoms with E-state index in [0.717, 1.165) is 34.0 Å². The zero-order valence-electron chi connectivity index (χ0n) is 14.8. The number of hydrogen-bond acceptors (Lipinski definition) is 6. The normalized spacial score (nSPS) is 15.0. The van der Waals surface area contributed by atoms with E-state index >= 15 is 0 Å². The molecule has 1 aliphatic rings. The van der Waals surface area contributed by atoms with E-state index in [0.29, 0.717) is 5.75 Å². The summed E-state index contributed by atoms with van der Waals surface area (Å²) in [6, 6.07) is 7.88. The molecule has 0 radical (unpaired) electrons. The maximum absolute atomic E-state index is 10.3. The molecule has 4 nitrogen and oxygen atoms in total. The molecule has 0 bridgehead atoms. The highest BCUT2D eigenvalue weighted by Gasteiger charge is 2.20. The number of rotatable bonds is 6. The number of aromatic nitrogens is 2. The van der Waals surface area contributed by atoms with Gasteiger partial charge in [0.2, 0.25) is 0 Å². The van der Waals surface area contributed by atoms with Crippen molar-refractivity contribution >= 4 is 33.3 Å². The van der Waals surface area contributed by atoms with Gasteiger partial charge in [0, 0.05) is 16.0 Å². The van der Waals surface area contributed by atoms with E-state index in [1.165, 1.54) is 28.7 Å². The molecule has 0 saturated heterocycles. The highest BCUT2D eigenvalue weighted by molar-refractivity contribution is 7.99. The molecule has 26 heavy (non-hydrogen) atoms. The standard InChI is InChI=1S/C20H22N2O2S2/c1-13-5-4-6-15(9-13)24-10-14(23)11-25-19-18-16-7-2-3-8-17(16)26-20(18)22-12-21-19/h4-6,9,12,14,23H,2-3,7-8,10-11H2,1H3/t14-/m1/s1. The molecule has 136 valence electrons. The Morgan fingerprint density at radius 1 is 1.27 bits per heavy atom. The molecule has 0 amide bonds. The van der Waals surface area contributed by atoms with Crippen molar-refractivity contribution in [3.05, 3.63) is 46.6 Å². The molecule has 0 spiro atoms. The van der Waals surface area contributed by atoms with Crippen molar-refractivity contribution in [1.82, 2.24) is 9.97 Å². The van der Waals surface area contributed by atoms with Crippen LogP contribution in [0.1, 0.15) is 28.8 Å². The number of thioether (sulfide) groups is 1. The van der Waals surface area contributed by atoms with Crippen molar-refractivity contribution in [2.45, 2.75) is 43.7 Å². The highest BCUT2D eigenvalue weighted by atomic mass is 32.2. The maximum atomic E-state index is 10.3. The molecule has 0 fully saturated rings. The van der Waals surface area contributed by atoms with Crippen LogP contribution in [0, 0.1) is 6.92 Å². The summed E-state index contributed by atoms with van der Waals surface area (Å²) in [5, 5.41) is 12.5. The Balaban J connectivity index is 1.42. The van der Waals surface area contributed by atoms with Gasteiger partial charge in [0.05, 0.1) is 6.10 Å². The van der Waals surface area contributed by atoms with Crippen molar-refractivity contribution in [2.75, 3.05) is 12.4 Å². The molecule has 3 aromatic rings. The van der Waals surface area contributed by atoms with Gasteiger partial charge in [-0.2, -0.15) is 0 Å². The van der Waals surface area contributed by atoms with E-state index in [9.17, 15) is 5.11 Å². The number of nitrogens with zero attached hydrogens (tertiary/aromatic N) is 2. The molecule has 2 heterocycles. The SMILES string of the molecule is Cc1cccc(OC[C@@H](O)CSc2ncnc3sc4c(c23)CCCC4)c1. The van der Waals surface area contributed by atoms with E-state index in [4.69, 9.17) is 4.74 Å². The van der Waals surface area contributed by atoms with Gasteiger partial charge in [-0.05, 0) is 55.9 Å². The zero-order chi connectivity index (χ0) is 17.9. The molecule has 1 aromatic carbocycles. The van der Waals surface area contributed by atoms with Gasteiger partial charge < -0.3 is 9.84 Å². The number of aliphatic hydroxyl groups excluding tert-OH is 1. The van der Waals surface area contributed by atoms with Crippen molar-refractivity contribution in [3.63, 3.8) is 0 Å². The van der Waals surface area contributed by atoms with E-state index in [-0.39, 0.29) is 6.61 Å². The first-order valence-corrected chi connectivity index (χ1v) is 10.8. The number of fused-ring (bicyclic) bond motifs is 3. The van der Waals surface area contributed by atoms with Gasteiger partial charge >= 0.3 is 0 Å². The fraction of sp³-hybridized carbons (Fsp3) is 0.400. The van der Waals surface area contributed by atoms with Crippen molar-refractivity contribution < 1.29 is 9.84 Å². The monoisotopic (exact) mass is 386 g/mol. The molecular weight excluding hydrogens is 364 g/mol. The minimum atomic E-state index is -0.542. The highest BCUT2D eigenvalue weighted by Crippen LogP contribution is 2.39. The zero-order valence-corrected chi connectivity index (χ0v) is 16.4. The van der Waals surface area contributed by atoms with Gasteiger partial charge in [0.25, 0.3) is 0 Å². The first-order chi connectivity index (χ1) is 12.7. The number of ether oxygens (including phenoxy) is 1. The first-order valence-electron chi connectivity index (χ1n) is 8.96. The van der Waals surface area contributed by atoms with E-state index in [1.807, 2.05) is 31.2 Å². The van der Waals surface area contributed by atoms with Gasteiger partial charge in [-0.25, -0.2) is 9.97 Å². The van der Waals surface area contributed by atoms with Gasteiger partial charge in [0.15, 0.2) is 0 Å². The smallest absolute Gasteiger partial charge is 0.128 e. The summed E-state index contributed by atoms with van der Waals surface area (Å²) in [6.45, 7) is 2.31. The molecule has 0 aliphatic heterocycles. The Morgan fingerprint density at radius 2 is 2.15 bits per heavy atom. The quantitative estimate of drug-likeness (QED) is 0.502. The fourth-order valence-corrected chi connectivity index (χ4v) is 5.52. The van der Waals surface area contributed by atoms with Crippen molar-refractivity contribution in [2.24, 2.45) is 0 Å². The molecule has 4 rings (SSSR count). The van der Waals surface area contributed by atoms with Gasteiger partial charge in [0.1, 0.15) is 28.5 Å². The third-order valence-corrected chi connectivity index (χ3v) is 6.90. The lowest BCUT2D eigenvalue weighted by Crippen LogP contribution is -2.20. The van der Waals surface area contributed by atoms with E-state index in [2.05, 4.69) is 9.97 Å². The van der Waals surface area contributed by atoms with Crippen LogP contribution in [0.15, 0.2) is 35.6 Å². The third-order valence-electron chi connectivity index (χ3n) is 4.56. The number of aliphatic hydroxyl groups is 1. The Bertz CT molecular complexity index is 910. The van der Waals surface area contributed by atoms with Crippen LogP contribution in [-0.2, 0) is 12.8 Å². The molecular formula is C20H22N2O2S2. The number of benzene rings is 1. The summed E-state index contributed by atoms with van der Waals surface area (Å²) in [5.74, 6) is 1.35. The van der Waals surface area contributed by atoms with Crippen LogP contribution in [0.2, 0.25) is 0 Å². The van der Waals surface area contributed by atoms with Crippen LogP contribution >= 0.6 is 23.1 Å². The van der Waals surface area contributed by atoms with Crippen LogP contribution < -0.4 is 4.74 Å². The second-order valence-corrected chi connectivity index (χ2v) is 8.75. The summed E-state index contributed by atoms with van der Waals surface area (Å²) in [7, 11) is 0. The Kier molecular flexibility index (Phi) is 5.43. The fourth-order valence-electron chi connectivity index (χ4n) is 3.29. The van der Waals surface area contributed by atoms with Crippen LogP contribution in [0.4, 0.5) is 0 Å². The third kappa shape index (κ3) is 3.87. The Hall–Kier alpha value is -1.63. The Labute approximate surface area is 161 Å². The number of aryl methyl sites for hydroxylation is 3. The predicted molar refractivity (Wildman–Crippen MR) is 107 cm³/mol. The summed E-state index contributed by atoms with van der Waals surface area (Å²) in [5.41, 5.74) is 2.59. The van der Waals surface area contributed by atoms with Gasteiger partial charge in [-0.1, -0.05) is 12.1 Å². The average molecular weight is 387 g/mol. The second-order valence-electron chi connectivity index (χ2n) is 6.66. The van der Waals surface area contributed by atoms with Crippen LogP contribution in [0.25, 0.3) is 10.2 Å². The van der Waals surface area contributed by atoms with E-state index < -0.39 is 6.10 Å². The minimum absolute atomic E-state index is 0.284. The van der Waals surface area contributed by atoms with Crippen LogP contribution in [-0.4, -0.2) is 33.5 Å². The van der Waals surface area contributed by atoms with Crippen molar-refractivity contribution in [1.29, 1.82) is 0 Å². The minimum Gasteiger partial charge on any atom is -0.491 e. The second kappa shape index (κ2) is 7.94. The summed E-state index contributed by atoms with van der Waals surface area (Å²) in [6.07, 6.45) is 5.89.